The lowest BCUT2D eigenvalue weighted by Gasteiger charge is -2.18. The number of benzene rings is 2. The van der Waals surface area contributed by atoms with Gasteiger partial charge >= 0.3 is 0 Å². The third-order valence-electron chi connectivity index (χ3n) is 3.43. The first-order valence-corrected chi connectivity index (χ1v) is 6.98. The molecule has 106 valence electrons. The Morgan fingerprint density at radius 1 is 0.952 bits per heavy atom. The molecule has 4 nitrogen and oxygen atoms in total. The number of aliphatic hydroxyl groups excluding tert-OH is 1. The molecule has 0 saturated carbocycles. The molecule has 4 heteroatoms. The number of aliphatic hydroxyl groups is 1. The topological polar surface area (TPSA) is 58.0 Å². The van der Waals surface area contributed by atoms with Gasteiger partial charge in [-0.2, -0.15) is 0 Å². The molecule has 3 aromatic rings. The average Bonchev–Trinajstić information content (AvgIpc) is 2.55. The van der Waals surface area contributed by atoms with E-state index in [2.05, 4.69) is 27.4 Å². The number of nitrogens with one attached hydrogen (secondary N) is 1. The molecule has 0 radical (unpaired) electrons. The fraction of sp³-hybridized carbons (Fsp3) is 0.176. The minimum Gasteiger partial charge on any atom is -0.394 e. The Hall–Kier alpha value is -2.46. The standard InChI is InChI=1S/C17H17N3O/c21-11-14(10-13-6-2-1-3-7-13)20-17-15-8-4-5-9-16(15)18-12-19-17/h1-9,12,14,21H,10-11H2,(H,18,19,20)/t14-/m1/s1. The van der Waals surface area contributed by atoms with E-state index in [0.717, 1.165) is 23.1 Å². The molecule has 3 rings (SSSR count). The maximum absolute atomic E-state index is 9.61. The van der Waals surface area contributed by atoms with E-state index in [-0.39, 0.29) is 12.6 Å². The molecule has 0 bridgehead atoms. The highest BCUT2D eigenvalue weighted by molar-refractivity contribution is 5.88. The van der Waals surface area contributed by atoms with E-state index < -0.39 is 0 Å². The van der Waals surface area contributed by atoms with E-state index in [1.54, 1.807) is 6.33 Å². The van der Waals surface area contributed by atoms with Crippen molar-refractivity contribution in [3.8, 4) is 0 Å². The maximum Gasteiger partial charge on any atom is 0.137 e. The monoisotopic (exact) mass is 279 g/mol. The van der Waals surface area contributed by atoms with Gasteiger partial charge in [-0.15, -0.1) is 0 Å². The van der Waals surface area contributed by atoms with Crippen LogP contribution in [-0.2, 0) is 6.42 Å². The minimum absolute atomic E-state index is 0.0488. The summed E-state index contributed by atoms with van der Waals surface area (Å²) >= 11 is 0. The summed E-state index contributed by atoms with van der Waals surface area (Å²) in [5.74, 6) is 0.760. The summed E-state index contributed by atoms with van der Waals surface area (Å²) in [7, 11) is 0. The molecular weight excluding hydrogens is 262 g/mol. The zero-order chi connectivity index (χ0) is 14.5. The van der Waals surface area contributed by atoms with E-state index in [0.29, 0.717) is 0 Å². The number of anilines is 1. The van der Waals surface area contributed by atoms with Crippen molar-refractivity contribution in [2.75, 3.05) is 11.9 Å². The SMILES string of the molecule is OC[C@@H](Cc1ccccc1)Nc1ncnc2ccccc12. The third-order valence-corrected chi connectivity index (χ3v) is 3.43. The molecule has 2 aromatic carbocycles. The van der Waals surface area contributed by atoms with E-state index in [1.165, 1.54) is 5.56 Å². The van der Waals surface area contributed by atoms with Gasteiger partial charge in [0.1, 0.15) is 12.1 Å². The fourth-order valence-electron chi connectivity index (χ4n) is 2.37. The number of hydrogen-bond donors (Lipinski definition) is 2. The Morgan fingerprint density at radius 2 is 1.71 bits per heavy atom. The summed E-state index contributed by atoms with van der Waals surface area (Å²) in [5, 5.41) is 13.9. The van der Waals surface area contributed by atoms with E-state index in [9.17, 15) is 5.11 Å². The van der Waals surface area contributed by atoms with Crippen molar-refractivity contribution in [2.24, 2.45) is 0 Å². The summed E-state index contributed by atoms with van der Waals surface area (Å²) in [4.78, 5) is 8.55. The predicted octanol–water partition coefficient (Wildman–Crippen LogP) is 2.65. The molecule has 0 spiro atoms. The van der Waals surface area contributed by atoms with Gasteiger partial charge in [0.2, 0.25) is 0 Å². The van der Waals surface area contributed by atoms with Crippen molar-refractivity contribution in [1.29, 1.82) is 0 Å². The number of fused-ring (bicyclic) bond motifs is 1. The van der Waals surface area contributed by atoms with E-state index in [4.69, 9.17) is 0 Å². The van der Waals surface area contributed by atoms with Gasteiger partial charge in [0.15, 0.2) is 0 Å². The lowest BCUT2D eigenvalue weighted by Crippen LogP contribution is -2.27. The van der Waals surface area contributed by atoms with Gasteiger partial charge in [0.25, 0.3) is 0 Å². The molecule has 0 unspecified atom stereocenters. The highest BCUT2D eigenvalue weighted by Gasteiger charge is 2.11. The molecule has 2 N–H and O–H groups in total. The molecule has 0 fully saturated rings. The number of rotatable bonds is 5. The lowest BCUT2D eigenvalue weighted by molar-refractivity contribution is 0.273. The molecule has 1 atom stereocenters. The van der Waals surface area contributed by atoms with Crippen LogP contribution in [0.25, 0.3) is 10.9 Å². The number of hydrogen-bond acceptors (Lipinski definition) is 4. The summed E-state index contributed by atoms with van der Waals surface area (Å²) in [6.07, 6.45) is 2.29. The Balaban J connectivity index is 1.82. The molecule has 1 heterocycles. The summed E-state index contributed by atoms with van der Waals surface area (Å²) in [6.45, 7) is 0.0488. The van der Waals surface area contributed by atoms with Crippen molar-refractivity contribution in [2.45, 2.75) is 12.5 Å². The van der Waals surface area contributed by atoms with Crippen LogP contribution in [0.2, 0.25) is 0 Å². The van der Waals surface area contributed by atoms with Crippen LogP contribution >= 0.6 is 0 Å². The van der Waals surface area contributed by atoms with Crippen LogP contribution in [0, 0.1) is 0 Å². The van der Waals surface area contributed by atoms with Gasteiger partial charge in [-0.3, -0.25) is 0 Å². The Bertz CT molecular complexity index is 710. The van der Waals surface area contributed by atoms with E-state index in [1.807, 2.05) is 42.5 Å². The molecular formula is C17H17N3O. The normalized spacial score (nSPS) is 12.2. The second-order valence-electron chi connectivity index (χ2n) is 4.95. The molecule has 0 aliphatic heterocycles. The maximum atomic E-state index is 9.61. The predicted molar refractivity (Wildman–Crippen MR) is 84.2 cm³/mol. The van der Waals surface area contributed by atoms with Crippen LogP contribution in [0.5, 0.6) is 0 Å². The highest BCUT2D eigenvalue weighted by atomic mass is 16.3. The van der Waals surface area contributed by atoms with Crippen molar-refractivity contribution in [1.82, 2.24) is 9.97 Å². The molecule has 21 heavy (non-hydrogen) atoms. The molecule has 0 aliphatic rings. The number of aromatic nitrogens is 2. The van der Waals surface area contributed by atoms with Crippen molar-refractivity contribution < 1.29 is 5.11 Å². The van der Waals surface area contributed by atoms with Crippen LogP contribution in [0.3, 0.4) is 0 Å². The average molecular weight is 279 g/mol. The Kier molecular flexibility index (Phi) is 4.07. The molecule has 0 aliphatic carbocycles. The second kappa shape index (κ2) is 6.33. The second-order valence-corrected chi connectivity index (χ2v) is 4.95. The van der Waals surface area contributed by atoms with Crippen LogP contribution in [-0.4, -0.2) is 27.7 Å². The summed E-state index contributed by atoms with van der Waals surface area (Å²) < 4.78 is 0. The smallest absolute Gasteiger partial charge is 0.137 e. The van der Waals surface area contributed by atoms with Gasteiger partial charge in [0, 0.05) is 5.39 Å². The van der Waals surface area contributed by atoms with Crippen LogP contribution in [0.15, 0.2) is 60.9 Å². The van der Waals surface area contributed by atoms with Crippen LogP contribution < -0.4 is 5.32 Å². The molecule has 0 amide bonds. The summed E-state index contributed by atoms with van der Waals surface area (Å²) in [6, 6.07) is 17.9. The van der Waals surface area contributed by atoms with Crippen LogP contribution in [0.4, 0.5) is 5.82 Å². The van der Waals surface area contributed by atoms with Crippen molar-refractivity contribution >= 4 is 16.7 Å². The number of para-hydroxylation sites is 1. The minimum atomic E-state index is -0.0780. The first-order valence-electron chi connectivity index (χ1n) is 6.98. The lowest BCUT2D eigenvalue weighted by atomic mass is 10.1. The Labute approximate surface area is 123 Å². The number of nitrogens with zero attached hydrogens (tertiary/aromatic N) is 2. The first kappa shape index (κ1) is 13.5. The molecule has 1 aromatic heterocycles. The van der Waals surface area contributed by atoms with E-state index >= 15 is 0 Å². The third kappa shape index (κ3) is 3.17. The first-order chi connectivity index (χ1) is 10.4. The highest BCUT2D eigenvalue weighted by Crippen LogP contribution is 2.19. The van der Waals surface area contributed by atoms with Gasteiger partial charge in [-0.1, -0.05) is 42.5 Å². The zero-order valence-corrected chi connectivity index (χ0v) is 11.6. The zero-order valence-electron chi connectivity index (χ0n) is 11.6. The van der Waals surface area contributed by atoms with Gasteiger partial charge in [-0.05, 0) is 24.1 Å². The van der Waals surface area contributed by atoms with Gasteiger partial charge < -0.3 is 10.4 Å². The Morgan fingerprint density at radius 3 is 2.52 bits per heavy atom. The van der Waals surface area contributed by atoms with Crippen LogP contribution in [0.1, 0.15) is 5.56 Å². The summed E-state index contributed by atoms with van der Waals surface area (Å²) in [5.41, 5.74) is 2.08. The van der Waals surface area contributed by atoms with Crippen molar-refractivity contribution in [3.63, 3.8) is 0 Å². The molecule has 0 saturated heterocycles. The quantitative estimate of drug-likeness (QED) is 0.754. The van der Waals surface area contributed by atoms with Gasteiger partial charge in [-0.25, -0.2) is 9.97 Å². The van der Waals surface area contributed by atoms with Crippen molar-refractivity contribution in [3.05, 3.63) is 66.5 Å². The van der Waals surface area contributed by atoms with Gasteiger partial charge in [0.05, 0.1) is 18.2 Å². The largest absolute Gasteiger partial charge is 0.394 e. The fourth-order valence-corrected chi connectivity index (χ4v) is 2.37.